The van der Waals surface area contributed by atoms with Crippen LogP contribution in [0.3, 0.4) is 0 Å². The molecule has 10 aliphatic rings. The SMILES string of the molecule is CN1C(=O)N([C@H]2CCCN(c3cnc(C(N)=O)c(Nc4ccc(C5CCN(C[C@@H]6CCN(c7ccc(-c8nn(C9CCC(=O)NC9=O)c(=O)n8C)cc7)C6)CC5)cc4)n3)C2)CC1NC(=O)c1ncc(N2CCC[C@H](N3CCCC3=O)C2)nc1Nc1ccc(C2CCN(CC3CCN(c4ccc(-c5nn(C6CCC(=O)NC6=O)c(=O)n5C)cc4)CC3)CC2)cc1. The Kier molecular flexibility index (Phi) is 23.6. The number of likely N-dealkylation sites (N-methyl/N-ethyl adjacent to an activating group) is 1. The Morgan fingerprint density at radius 1 is 0.460 bits per heavy atom. The summed E-state index contributed by atoms with van der Waals surface area (Å²) in [5, 5.41) is 23.7. The summed E-state index contributed by atoms with van der Waals surface area (Å²) in [5.74, 6) is 1.68. The van der Waals surface area contributed by atoms with Crippen molar-refractivity contribution in [3.05, 3.63) is 153 Å². The van der Waals surface area contributed by atoms with Crippen molar-refractivity contribution in [2.75, 3.05) is 142 Å². The summed E-state index contributed by atoms with van der Waals surface area (Å²) in [6.45, 7) is 13.2. The highest BCUT2D eigenvalue weighted by molar-refractivity contribution is 6.01. The van der Waals surface area contributed by atoms with Crippen LogP contribution in [0.5, 0.6) is 0 Å². The van der Waals surface area contributed by atoms with Gasteiger partial charge in [0.15, 0.2) is 34.7 Å². The Labute approximate surface area is 718 Å². The van der Waals surface area contributed by atoms with Crippen LogP contribution in [0.15, 0.2) is 119 Å². The van der Waals surface area contributed by atoms with Gasteiger partial charge in [-0.15, -0.1) is 10.2 Å². The van der Waals surface area contributed by atoms with Crippen LogP contribution in [0, 0.1) is 11.8 Å². The molecule has 9 amide bonds. The van der Waals surface area contributed by atoms with Gasteiger partial charge in [0.25, 0.3) is 23.6 Å². The van der Waals surface area contributed by atoms with Gasteiger partial charge in [0.05, 0.1) is 25.0 Å². The molecule has 6 atom stereocenters. The molecule has 35 nitrogen and oxygen atoms in total. The van der Waals surface area contributed by atoms with Gasteiger partial charge in [-0.2, -0.15) is 0 Å². The molecular weight excluding hydrogens is 1580 g/mol. The van der Waals surface area contributed by atoms with E-state index in [-0.39, 0.29) is 91.1 Å². The van der Waals surface area contributed by atoms with E-state index in [1.54, 1.807) is 38.4 Å². The van der Waals surface area contributed by atoms with E-state index in [2.05, 4.69) is 120 Å². The van der Waals surface area contributed by atoms with Crippen LogP contribution in [-0.2, 0) is 38.1 Å². The summed E-state index contributed by atoms with van der Waals surface area (Å²) in [6.07, 6.45) is 15.3. The number of urea groups is 1. The summed E-state index contributed by atoms with van der Waals surface area (Å²) in [6, 6.07) is 30.8. The molecule has 35 heteroatoms. The van der Waals surface area contributed by atoms with Crippen LogP contribution >= 0.6 is 0 Å². The lowest BCUT2D eigenvalue weighted by molar-refractivity contribution is -0.137. The van der Waals surface area contributed by atoms with Crippen molar-refractivity contribution in [2.45, 2.75) is 151 Å². The summed E-state index contributed by atoms with van der Waals surface area (Å²) in [4.78, 5) is 169. The molecule has 7 N–H and O–H groups in total. The lowest BCUT2D eigenvalue weighted by Crippen LogP contribution is -2.49. The molecule has 650 valence electrons. The molecule has 0 spiro atoms. The van der Waals surface area contributed by atoms with Crippen LogP contribution in [0.2, 0.25) is 0 Å². The maximum Gasteiger partial charge on any atom is 0.346 e. The summed E-state index contributed by atoms with van der Waals surface area (Å²) >= 11 is 0. The smallest absolute Gasteiger partial charge is 0.346 e. The first-order valence-electron chi connectivity index (χ1n) is 44.2. The highest BCUT2D eigenvalue weighted by atomic mass is 16.2. The molecule has 0 saturated carbocycles. The quantitative estimate of drug-likeness (QED) is 0.0376. The van der Waals surface area contributed by atoms with Crippen molar-refractivity contribution >= 4 is 93.4 Å². The van der Waals surface area contributed by atoms with Gasteiger partial charge in [-0.25, -0.2) is 43.7 Å². The predicted octanol–water partition coefficient (Wildman–Crippen LogP) is 6.42. The molecule has 0 radical (unpaired) electrons. The number of likely N-dealkylation sites (tertiary alicyclic amines) is 3. The van der Waals surface area contributed by atoms with Gasteiger partial charge in [-0.1, -0.05) is 24.3 Å². The minimum absolute atomic E-state index is 0.00492. The standard InChI is InChI=1S/C89H109N25O10/c1-102-73(54-112(87(102)122)68-8-5-38-110(53-68)71-47-91-77(79(90)118)80(95-71)93-63-18-10-57(11-19-63)60-35-42-106(43-36-60)50-56-32-46-108(51-56)66-24-16-62(17-25-66)83-101-114(89(124)104(83)3)70-27-29-75(116)99-85(70)120)97-86(121)78-81(96-72(48-92-78)109-37-4-7-67(52-109)111-39-6-9-76(111)117)94-64-20-12-58(13-21-64)59-33-40-105(41-34-59)49-55-30-44-107(45-31-55)65-22-14-61(15-23-65)82-100-113(88(123)103(82)2)69-26-28-74(115)98-84(69)119/h10-25,47-48,55-56,59-60,67-70,73H,4-9,26-46,49-54H2,1-3H3,(H2,90,118)(H,93,95)(H,94,96)(H,97,121)(H,98,115,119)(H,99,116,120)/t56-,67-,68-,69?,70?,73?/m0/s1. The Hall–Kier alpha value is -12.4. The highest BCUT2D eigenvalue weighted by Crippen LogP contribution is 2.38. The van der Waals surface area contributed by atoms with E-state index < -0.39 is 53.3 Å². The third kappa shape index (κ3) is 17.4. The fraction of sp³-hybridized carbons (Fsp3) is 0.506. The summed E-state index contributed by atoms with van der Waals surface area (Å²) < 4.78 is 5.27. The number of nitrogens with zero attached hydrogens (tertiary/aromatic N) is 19. The van der Waals surface area contributed by atoms with E-state index in [1.165, 1.54) is 29.6 Å². The second kappa shape index (κ2) is 35.4. The molecule has 18 rings (SSSR count). The van der Waals surface area contributed by atoms with Gasteiger partial charge < -0.3 is 65.8 Å². The average Bonchev–Trinajstić information content (AvgIpc) is 1.61. The average molecular weight is 1690 g/mol. The maximum atomic E-state index is 14.9. The normalized spacial score (nSPS) is 23.1. The van der Waals surface area contributed by atoms with E-state index in [9.17, 15) is 47.9 Å². The van der Waals surface area contributed by atoms with Crippen LogP contribution in [0.1, 0.15) is 165 Å². The van der Waals surface area contributed by atoms with Gasteiger partial charge in [-0.05, 0) is 224 Å². The molecule has 10 saturated heterocycles. The fourth-order valence-electron chi connectivity index (χ4n) is 20.3. The number of carbonyl (C=O) groups is 8. The number of benzene rings is 4. The highest BCUT2D eigenvalue weighted by Gasteiger charge is 2.43. The van der Waals surface area contributed by atoms with Gasteiger partial charge in [-0.3, -0.25) is 53.3 Å². The zero-order chi connectivity index (χ0) is 85.6. The van der Waals surface area contributed by atoms with Crippen molar-refractivity contribution in [1.29, 1.82) is 0 Å². The first-order valence-corrected chi connectivity index (χ1v) is 44.2. The monoisotopic (exact) mass is 1690 g/mol. The zero-order valence-corrected chi connectivity index (χ0v) is 70.6. The van der Waals surface area contributed by atoms with Crippen LogP contribution in [0.4, 0.5) is 50.8 Å². The van der Waals surface area contributed by atoms with Gasteiger partial charge >= 0.3 is 17.4 Å². The summed E-state index contributed by atoms with van der Waals surface area (Å²) in [5.41, 5.74) is 12.9. The second-order valence-corrected chi connectivity index (χ2v) is 35.3. The molecule has 0 bridgehead atoms. The lowest BCUT2D eigenvalue weighted by Gasteiger charge is -2.38. The minimum Gasteiger partial charge on any atom is -0.372 e. The third-order valence-corrected chi connectivity index (χ3v) is 27.5. The number of imide groups is 2. The van der Waals surface area contributed by atoms with Crippen LogP contribution < -0.4 is 63.3 Å². The number of nitrogens with one attached hydrogen (secondary N) is 5. The Bertz CT molecular complexity index is 5480. The van der Waals surface area contributed by atoms with Gasteiger partial charge in [0, 0.05) is 152 Å². The molecule has 4 aromatic carbocycles. The molecule has 124 heavy (non-hydrogen) atoms. The predicted molar refractivity (Wildman–Crippen MR) is 465 cm³/mol. The maximum absolute atomic E-state index is 14.9. The molecular formula is C89H109N25O10. The van der Waals surface area contributed by atoms with Crippen molar-refractivity contribution in [1.82, 2.24) is 89.1 Å². The molecule has 10 aliphatic heterocycles. The number of primary amides is 1. The van der Waals surface area contributed by atoms with Gasteiger partial charge in [0.1, 0.15) is 29.9 Å². The molecule has 4 aromatic heterocycles. The topological polar surface area (TPSA) is 383 Å². The van der Waals surface area contributed by atoms with E-state index in [0.29, 0.717) is 79.4 Å². The Morgan fingerprint density at radius 2 is 0.927 bits per heavy atom. The lowest BCUT2D eigenvalue weighted by atomic mass is 9.88. The first-order chi connectivity index (χ1) is 60.1. The first kappa shape index (κ1) is 82.5. The van der Waals surface area contributed by atoms with Crippen molar-refractivity contribution < 1.29 is 38.4 Å². The number of hydrogen-bond donors (Lipinski definition) is 6. The summed E-state index contributed by atoms with van der Waals surface area (Å²) in [7, 11) is 4.98. The number of anilines is 8. The Balaban J connectivity index is 0.466. The number of rotatable bonds is 23. The number of hydrogen-bond acceptors (Lipinski definition) is 24. The fourth-order valence-corrected chi connectivity index (χ4v) is 20.3. The molecule has 10 fully saturated rings. The number of amides is 9. The minimum atomic E-state index is -0.829. The molecule has 3 unspecified atom stereocenters. The largest absolute Gasteiger partial charge is 0.372 e. The second-order valence-electron chi connectivity index (χ2n) is 35.3. The number of nitrogens with two attached hydrogens (primary N) is 1. The van der Waals surface area contributed by atoms with E-state index in [0.717, 1.165) is 183 Å². The van der Waals surface area contributed by atoms with Crippen molar-refractivity contribution in [2.24, 2.45) is 31.7 Å². The van der Waals surface area contributed by atoms with Crippen molar-refractivity contribution in [3.63, 3.8) is 0 Å². The molecule has 0 aliphatic carbocycles. The number of aromatic nitrogens is 10. The zero-order valence-electron chi connectivity index (χ0n) is 70.6. The number of carbonyl (C=O) groups excluding carboxylic acids is 8. The third-order valence-electron chi connectivity index (χ3n) is 27.5. The van der Waals surface area contributed by atoms with Crippen LogP contribution in [0.25, 0.3) is 22.8 Å². The van der Waals surface area contributed by atoms with Crippen molar-refractivity contribution in [3.8, 4) is 22.8 Å². The van der Waals surface area contributed by atoms with Crippen LogP contribution in [-0.4, -0.2) is 251 Å². The molecule has 14 heterocycles. The van der Waals surface area contributed by atoms with E-state index in [4.69, 9.17) is 20.7 Å². The van der Waals surface area contributed by atoms with E-state index >= 15 is 0 Å². The number of piperidine rings is 7. The van der Waals surface area contributed by atoms with E-state index in [1.807, 2.05) is 58.3 Å². The Morgan fingerprint density at radius 3 is 1.42 bits per heavy atom. The van der Waals surface area contributed by atoms with Gasteiger partial charge in [0.2, 0.25) is 17.7 Å². The molecule has 8 aromatic rings.